The van der Waals surface area contributed by atoms with Gasteiger partial charge >= 0.3 is 6.18 Å². The maximum absolute atomic E-state index is 13.2. The van der Waals surface area contributed by atoms with Gasteiger partial charge in [0.05, 0.1) is 12.6 Å². The molecule has 108 valence electrons. The van der Waals surface area contributed by atoms with E-state index in [1.807, 2.05) is 0 Å². The van der Waals surface area contributed by atoms with Crippen molar-refractivity contribution in [3.63, 3.8) is 0 Å². The third-order valence-electron chi connectivity index (χ3n) is 2.97. The molecule has 0 saturated carbocycles. The molecule has 6 heteroatoms. The number of benzene rings is 1. The molecule has 0 heterocycles. The second kappa shape index (κ2) is 6.34. The van der Waals surface area contributed by atoms with Gasteiger partial charge in [-0.3, -0.25) is 4.90 Å². The number of nitrogens with zero attached hydrogens (tertiary/aromatic N) is 1. The number of halogens is 4. The van der Waals surface area contributed by atoms with E-state index in [1.165, 1.54) is 25.2 Å². The van der Waals surface area contributed by atoms with E-state index in [1.54, 1.807) is 13.0 Å². The lowest BCUT2D eigenvalue weighted by atomic mass is 9.96. The van der Waals surface area contributed by atoms with E-state index >= 15 is 0 Å². The van der Waals surface area contributed by atoms with Crippen molar-refractivity contribution in [3.05, 3.63) is 35.6 Å². The average molecular weight is 278 g/mol. The summed E-state index contributed by atoms with van der Waals surface area (Å²) >= 11 is 0. The molecule has 1 rings (SSSR count). The summed E-state index contributed by atoms with van der Waals surface area (Å²) < 4.78 is 50.6. The van der Waals surface area contributed by atoms with Crippen LogP contribution in [-0.4, -0.2) is 30.7 Å². The highest BCUT2D eigenvalue weighted by Gasteiger charge is 2.34. The highest BCUT2D eigenvalue weighted by molar-refractivity contribution is 5.22. The van der Waals surface area contributed by atoms with E-state index in [0.29, 0.717) is 12.0 Å². The number of alkyl halides is 3. The van der Waals surface area contributed by atoms with Crippen LogP contribution in [0, 0.1) is 5.82 Å². The van der Waals surface area contributed by atoms with Crippen molar-refractivity contribution in [2.24, 2.45) is 5.73 Å². The molecule has 1 aromatic carbocycles. The summed E-state index contributed by atoms with van der Waals surface area (Å²) in [6, 6.07) is 4.39. The largest absolute Gasteiger partial charge is 0.401 e. The quantitative estimate of drug-likeness (QED) is 0.839. The maximum atomic E-state index is 13.2. The summed E-state index contributed by atoms with van der Waals surface area (Å²) in [6.07, 6.45) is -3.81. The van der Waals surface area contributed by atoms with Gasteiger partial charge in [0.25, 0.3) is 0 Å². The minimum atomic E-state index is -4.31. The van der Waals surface area contributed by atoms with Crippen LogP contribution in [-0.2, 0) is 0 Å². The molecule has 0 spiro atoms. The SMILES string of the molecule is CCC(N)C(c1cccc(F)c1)N(C)CC(F)(F)F. The maximum Gasteiger partial charge on any atom is 0.401 e. The molecular formula is C13H18F4N2. The van der Waals surface area contributed by atoms with Crippen molar-refractivity contribution in [2.45, 2.75) is 31.6 Å². The van der Waals surface area contributed by atoms with E-state index in [4.69, 9.17) is 5.73 Å². The van der Waals surface area contributed by atoms with Crippen LogP contribution in [0.15, 0.2) is 24.3 Å². The summed E-state index contributed by atoms with van der Waals surface area (Å²) in [4.78, 5) is 1.11. The highest BCUT2D eigenvalue weighted by atomic mass is 19.4. The Morgan fingerprint density at radius 2 is 1.95 bits per heavy atom. The van der Waals surface area contributed by atoms with Crippen LogP contribution in [0.25, 0.3) is 0 Å². The van der Waals surface area contributed by atoms with Crippen LogP contribution < -0.4 is 5.73 Å². The molecule has 2 atom stereocenters. The van der Waals surface area contributed by atoms with Crippen LogP contribution >= 0.6 is 0 Å². The van der Waals surface area contributed by atoms with Crippen LogP contribution in [0.3, 0.4) is 0 Å². The fourth-order valence-corrected chi connectivity index (χ4v) is 2.12. The first-order chi connectivity index (χ1) is 8.74. The second-order valence-corrected chi connectivity index (χ2v) is 4.60. The Hall–Kier alpha value is -1.14. The van der Waals surface area contributed by atoms with Crippen LogP contribution in [0.4, 0.5) is 17.6 Å². The zero-order valence-corrected chi connectivity index (χ0v) is 10.9. The molecule has 2 nitrogen and oxygen atoms in total. The molecule has 2 unspecified atom stereocenters. The normalized spacial score (nSPS) is 15.6. The number of hydrogen-bond donors (Lipinski definition) is 1. The fourth-order valence-electron chi connectivity index (χ4n) is 2.12. The molecule has 0 radical (unpaired) electrons. The predicted octanol–water partition coefficient (Wildman–Crippen LogP) is 3.10. The van der Waals surface area contributed by atoms with Crippen molar-refractivity contribution in [2.75, 3.05) is 13.6 Å². The summed E-state index contributed by atoms with van der Waals surface area (Å²) in [7, 11) is 1.35. The zero-order valence-electron chi connectivity index (χ0n) is 10.9. The van der Waals surface area contributed by atoms with Crippen LogP contribution in [0.5, 0.6) is 0 Å². The third-order valence-corrected chi connectivity index (χ3v) is 2.97. The number of nitrogens with two attached hydrogens (primary N) is 1. The van der Waals surface area contributed by atoms with E-state index in [2.05, 4.69) is 0 Å². The lowest BCUT2D eigenvalue weighted by Gasteiger charge is -2.33. The molecule has 19 heavy (non-hydrogen) atoms. The van der Waals surface area contributed by atoms with Gasteiger partial charge in [0.15, 0.2) is 0 Å². The van der Waals surface area contributed by atoms with Gasteiger partial charge in [-0.05, 0) is 31.2 Å². The number of likely N-dealkylation sites (N-methyl/N-ethyl adjacent to an activating group) is 1. The number of hydrogen-bond acceptors (Lipinski definition) is 2. The van der Waals surface area contributed by atoms with Crippen molar-refractivity contribution in [1.82, 2.24) is 4.90 Å². The fraction of sp³-hybridized carbons (Fsp3) is 0.538. The summed E-state index contributed by atoms with van der Waals surface area (Å²) in [5, 5.41) is 0. The molecule has 0 aliphatic rings. The molecule has 0 bridgehead atoms. The first-order valence-corrected chi connectivity index (χ1v) is 6.02. The highest BCUT2D eigenvalue weighted by Crippen LogP contribution is 2.27. The van der Waals surface area contributed by atoms with Crippen molar-refractivity contribution < 1.29 is 17.6 Å². The van der Waals surface area contributed by atoms with Gasteiger partial charge in [0.1, 0.15) is 5.82 Å². The Balaban J connectivity index is 3.01. The van der Waals surface area contributed by atoms with Crippen molar-refractivity contribution >= 4 is 0 Å². The average Bonchev–Trinajstić information content (AvgIpc) is 2.26. The second-order valence-electron chi connectivity index (χ2n) is 4.60. The Bertz CT molecular complexity index is 406. The van der Waals surface area contributed by atoms with Gasteiger partial charge in [-0.2, -0.15) is 13.2 Å². The first-order valence-electron chi connectivity index (χ1n) is 6.02. The molecule has 0 aliphatic carbocycles. The van der Waals surface area contributed by atoms with Crippen molar-refractivity contribution in [3.8, 4) is 0 Å². The molecule has 0 amide bonds. The van der Waals surface area contributed by atoms with Gasteiger partial charge in [0, 0.05) is 6.04 Å². The lowest BCUT2D eigenvalue weighted by Crippen LogP contribution is -2.42. The Kier molecular flexibility index (Phi) is 5.31. The summed E-state index contributed by atoms with van der Waals surface area (Å²) in [5.41, 5.74) is 6.35. The van der Waals surface area contributed by atoms with Gasteiger partial charge in [-0.1, -0.05) is 19.1 Å². The zero-order chi connectivity index (χ0) is 14.6. The summed E-state index contributed by atoms with van der Waals surface area (Å²) in [6.45, 7) is 0.709. The Labute approximate surface area is 110 Å². The Morgan fingerprint density at radius 3 is 2.42 bits per heavy atom. The third kappa shape index (κ3) is 4.80. The smallest absolute Gasteiger partial charge is 0.326 e. The van der Waals surface area contributed by atoms with Gasteiger partial charge < -0.3 is 5.73 Å². The molecule has 0 fully saturated rings. The van der Waals surface area contributed by atoms with Gasteiger partial charge in [-0.25, -0.2) is 4.39 Å². The van der Waals surface area contributed by atoms with Gasteiger partial charge in [-0.15, -0.1) is 0 Å². The van der Waals surface area contributed by atoms with E-state index in [9.17, 15) is 17.6 Å². The van der Waals surface area contributed by atoms with Crippen LogP contribution in [0.1, 0.15) is 24.9 Å². The minimum Gasteiger partial charge on any atom is -0.326 e. The minimum absolute atomic E-state index is 0.459. The molecule has 0 aromatic heterocycles. The lowest BCUT2D eigenvalue weighted by molar-refractivity contribution is -0.148. The predicted molar refractivity (Wildman–Crippen MR) is 66.1 cm³/mol. The van der Waals surface area contributed by atoms with Crippen molar-refractivity contribution in [1.29, 1.82) is 0 Å². The Morgan fingerprint density at radius 1 is 1.32 bits per heavy atom. The first kappa shape index (κ1) is 15.9. The molecule has 0 saturated heterocycles. The van der Waals surface area contributed by atoms with Gasteiger partial charge in [0.2, 0.25) is 0 Å². The van der Waals surface area contributed by atoms with E-state index in [-0.39, 0.29) is 0 Å². The topological polar surface area (TPSA) is 29.3 Å². The summed E-state index contributed by atoms with van der Waals surface area (Å²) in [5.74, 6) is -0.480. The molecule has 1 aromatic rings. The number of rotatable bonds is 5. The van der Waals surface area contributed by atoms with E-state index < -0.39 is 30.6 Å². The monoisotopic (exact) mass is 278 g/mol. The van der Waals surface area contributed by atoms with Crippen LogP contribution in [0.2, 0.25) is 0 Å². The molecule has 2 N–H and O–H groups in total. The van der Waals surface area contributed by atoms with E-state index in [0.717, 1.165) is 4.90 Å². The molecule has 0 aliphatic heterocycles. The standard InChI is InChI=1S/C13H18F4N2/c1-3-11(18)12(19(2)8-13(15,16)17)9-5-4-6-10(14)7-9/h4-7,11-12H,3,8,18H2,1-2H3. The molecular weight excluding hydrogens is 260 g/mol.